The summed E-state index contributed by atoms with van der Waals surface area (Å²) >= 11 is 0. The van der Waals surface area contributed by atoms with Gasteiger partial charge in [-0.3, -0.25) is 0 Å². The lowest BCUT2D eigenvalue weighted by Crippen LogP contribution is -2.44. The maximum Gasteiger partial charge on any atom is 0.231 e. The van der Waals surface area contributed by atoms with Crippen molar-refractivity contribution in [2.24, 2.45) is 0 Å². The first-order valence-corrected chi connectivity index (χ1v) is 2.66. The fraction of sp³-hybridized carbons (Fsp3) is 1.00. The highest BCUT2D eigenvalue weighted by Gasteiger charge is 2.37. The quantitative estimate of drug-likeness (QED) is 0.621. The molecule has 0 rings (SSSR count). The molecule has 0 aliphatic rings. The van der Waals surface area contributed by atoms with E-state index in [9.17, 15) is 13.2 Å². The van der Waals surface area contributed by atoms with E-state index in [0.717, 1.165) is 6.92 Å². The third-order valence-electron chi connectivity index (χ3n) is 1.11. The van der Waals surface area contributed by atoms with Crippen LogP contribution < -0.4 is 0 Å². The highest BCUT2D eigenvalue weighted by atomic mass is 19.2. The average molecular weight is 158 g/mol. The second kappa shape index (κ2) is 3.21. The van der Waals surface area contributed by atoms with Crippen LogP contribution in [-0.4, -0.2) is 35.0 Å². The molecule has 10 heavy (non-hydrogen) atoms. The van der Waals surface area contributed by atoms with E-state index in [4.69, 9.17) is 10.2 Å². The molecule has 0 aromatic carbocycles. The molecule has 0 aliphatic carbocycles. The van der Waals surface area contributed by atoms with Crippen molar-refractivity contribution in [1.82, 2.24) is 0 Å². The molecule has 0 spiro atoms. The van der Waals surface area contributed by atoms with Crippen LogP contribution in [0.3, 0.4) is 0 Å². The predicted octanol–water partition coefficient (Wildman–Crippen LogP) is 0.333. The summed E-state index contributed by atoms with van der Waals surface area (Å²) < 4.78 is 35.4. The number of alkyl halides is 3. The molecule has 0 saturated heterocycles. The van der Waals surface area contributed by atoms with Gasteiger partial charge in [-0.2, -0.15) is 0 Å². The van der Waals surface area contributed by atoms with Crippen molar-refractivity contribution in [3.63, 3.8) is 0 Å². The van der Waals surface area contributed by atoms with E-state index >= 15 is 0 Å². The van der Waals surface area contributed by atoms with Crippen LogP contribution in [0.25, 0.3) is 0 Å². The minimum absolute atomic E-state index is 0.764. The van der Waals surface area contributed by atoms with Crippen LogP contribution >= 0.6 is 0 Å². The third kappa shape index (κ3) is 2.15. The zero-order chi connectivity index (χ0) is 8.36. The number of aliphatic hydroxyl groups is 2. The normalized spacial score (nSPS) is 23.4. The molecule has 0 fully saturated rings. The summed E-state index contributed by atoms with van der Waals surface area (Å²) in [4.78, 5) is 0. The monoisotopic (exact) mass is 158 g/mol. The molecule has 62 valence electrons. The maximum atomic E-state index is 12.2. The number of hydrogen-bond acceptors (Lipinski definition) is 2. The third-order valence-corrected chi connectivity index (χ3v) is 1.11. The molecule has 3 atom stereocenters. The minimum atomic E-state index is -2.84. The molecule has 3 unspecified atom stereocenters. The molecule has 0 radical (unpaired) electrons. The van der Waals surface area contributed by atoms with Crippen LogP contribution in [0.1, 0.15) is 6.92 Å². The maximum absolute atomic E-state index is 12.2. The Bertz CT molecular complexity index is 105. The van der Waals surface area contributed by atoms with Gasteiger partial charge in [-0.05, 0) is 6.92 Å². The standard InChI is InChI=1S/C5H9F3O2/c1-5(10,2-6)3(7)4(8)9/h3-4,9-10H,2H2,1H3. The molecule has 0 aromatic rings. The Kier molecular flexibility index (Phi) is 3.11. The van der Waals surface area contributed by atoms with E-state index in [1.165, 1.54) is 0 Å². The van der Waals surface area contributed by atoms with Crippen LogP contribution in [0.2, 0.25) is 0 Å². The smallest absolute Gasteiger partial charge is 0.231 e. The van der Waals surface area contributed by atoms with Crippen molar-refractivity contribution in [1.29, 1.82) is 0 Å². The van der Waals surface area contributed by atoms with Gasteiger partial charge in [0.15, 0.2) is 6.17 Å². The van der Waals surface area contributed by atoms with Crippen molar-refractivity contribution in [3.05, 3.63) is 0 Å². The topological polar surface area (TPSA) is 40.5 Å². The van der Waals surface area contributed by atoms with Crippen molar-refractivity contribution in [2.45, 2.75) is 25.1 Å². The number of rotatable bonds is 3. The molecule has 0 saturated carbocycles. The highest BCUT2D eigenvalue weighted by Crippen LogP contribution is 2.18. The first kappa shape index (κ1) is 9.71. The van der Waals surface area contributed by atoms with Gasteiger partial charge in [-0.25, -0.2) is 13.2 Å². The molecule has 0 amide bonds. The van der Waals surface area contributed by atoms with E-state index in [1.807, 2.05) is 0 Å². The summed E-state index contributed by atoms with van der Waals surface area (Å²) in [5, 5.41) is 16.5. The SMILES string of the molecule is CC(O)(CF)C(F)C(O)F. The highest BCUT2D eigenvalue weighted by molar-refractivity contribution is 4.82. The van der Waals surface area contributed by atoms with Gasteiger partial charge in [0.1, 0.15) is 12.3 Å². The van der Waals surface area contributed by atoms with Crippen molar-refractivity contribution in [2.75, 3.05) is 6.67 Å². The lowest BCUT2D eigenvalue weighted by Gasteiger charge is -2.23. The first-order valence-electron chi connectivity index (χ1n) is 2.66. The van der Waals surface area contributed by atoms with Gasteiger partial charge in [0, 0.05) is 0 Å². The van der Waals surface area contributed by atoms with Crippen LogP contribution in [0.5, 0.6) is 0 Å². The molecule has 2 nitrogen and oxygen atoms in total. The summed E-state index contributed by atoms with van der Waals surface area (Å²) in [7, 11) is 0. The van der Waals surface area contributed by atoms with E-state index in [2.05, 4.69) is 0 Å². The van der Waals surface area contributed by atoms with Crippen LogP contribution in [0.4, 0.5) is 13.2 Å². The zero-order valence-corrected chi connectivity index (χ0v) is 5.39. The second-order valence-corrected chi connectivity index (χ2v) is 2.27. The van der Waals surface area contributed by atoms with Crippen molar-refractivity contribution < 1.29 is 23.4 Å². The van der Waals surface area contributed by atoms with Crippen molar-refractivity contribution >= 4 is 0 Å². The molecule has 0 heterocycles. The molecule has 0 aromatic heterocycles. The molecule has 2 N–H and O–H groups in total. The van der Waals surface area contributed by atoms with E-state index in [-0.39, 0.29) is 0 Å². The summed E-state index contributed by atoms with van der Waals surface area (Å²) in [5.41, 5.74) is -2.44. The van der Waals surface area contributed by atoms with Gasteiger partial charge >= 0.3 is 0 Å². The molecule has 0 aliphatic heterocycles. The molecular weight excluding hydrogens is 149 g/mol. The molecular formula is C5H9F3O2. The molecule has 0 bridgehead atoms. The van der Waals surface area contributed by atoms with Gasteiger partial charge in [0.2, 0.25) is 6.36 Å². The number of halogens is 3. The van der Waals surface area contributed by atoms with E-state index in [1.54, 1.807) is 0 Å². The lowest BCUT2D eigenvalue weighted by atomic mass is 10.0. The van der Waals surface area contributed by atoms with E-state index in [0.29, 0.717) is 0 Å². The number of aliphatic hydroxyl groups excluding tert-OH is 1. The summed E-state index contributed by atoms with van der Waals surface area (Å²) in [6.07, 6.45) is -5.44. The van der Waals surface area contributed by atoms with Crippen LogP contribution in [0.15, 0.2) is 0 Å². The first-order chi connectivity index (χ1) is 4.41. The van der Waals surface area contributed by atoms with Crippen LogP contribution in [0, 0.1) is 0 Å². The fourth-order valence-corrected chi connectivity index (χ4v) is 0.370. The lowest BCUT2D eigenvalue weighted by molar-refractivity contribution is -0.128. The Labute approximate surface area is 56.3 Å². The Morgan fingerprint density at radius 2 is 1.90 bits per heavy atom. The Hall–Kier alpha value is -0.290. The van der Waals surface area contributed by atoms with Gasteiger partial charge < -0.3 is 10.2 Å². The predicted molar refractivity (Wildman–Crippen MR) is 28.6 cm³/mol. The van der Waals surface area contributed by atoms with E-state index < -0.39 is 24.8 Å². The second-order valence-electron chi connectivity index (χ2n) is 2.27. The average Bonchev–Trinajstić information content (AvgIpc) is 1.86. The summed E-state index contributed by atoms with van der Waals surface area (Å²) in [5.74, 6) is 0. The van der Waals surface area contributed by atoms with Gasteiger partial charge in [0.25, 0.3) is 0 Å². The summed E-state index contributed by atoms with van der Waals surface area (Å²) in [6.45, 7) is -0.671. The van der Waals surface area contributed by atoms with Crippen LogP contribution in [-0.2, 0) is 0 Å². The van der Waals surface area contributed by atoms with Gasteiger partial charge in [0.05, 0.1) is 0 Å². The minimum Gasteiger partial charge on any atom is -0.384 e. The number of hydrogen-bond donors (Lipinski definition) is 2. The largest absolute Gasteiger partial charge is 0.384 e. The fourth-order valence-electron chi connectivity index (χ4n) is 0.370. The van der Waals surface area contributed by atoms with Gasteiger partial charge in [-0.1, -0.05) is 0 Å². The Morgan fingerprint density at radius 1 is 1.50 bits per heavy atom. The van der Waals surface area contributed by atoms with Gasteiger partial charge in [-0.15, -0.1) is 0 Å². The molecule has 5 heteroatoms. The zero-order valence-electron chi connectivity index (χ0n) is 5.39. The summed E-state index contributed by atoms with van der Waals surface area (Å²) in [6, 6.07) is 0. The Balaban J connectivity index is 4.03. The Morgan fingerprint density at radius 3 is 2.00 bits per heavy atom. The van der Waals surface area contributed by atoms with Crippen molar-refractivity contribution in [3.8, 4) is 0 Å².